The number of methoxy groups -OCH3 is 1. The molecular weight excluding hydrogens is 120 g/mol. The van der Waals surface area contributed by atoms with Crippen LogP contribution in [0.25, 0.3) is 0 Å². The molecule has 0 rings (SSSR count). The third-order valence-electron chi connectivity index (χ3n) is 0.930. The lowest BCUT2D eigenvalue weighted by Gasteiger charge is -2.12. The van der Waals surface area contributed by atoms with Crippen molar-refractivity contribution in [1.29, 1.82) is 0 Å². The van der Waals surface area contributed by atoms with Crippen molar-refractivity contribution in [2.75, 3.05) is 7.11 Å². The van der Waals surface area contributed by atoms with Crippen LogP contribution in [0.3, 0.4) is 0 Å². The van der Waals surface area contributed by atoms with Gasteiger partial charge in [-0.2, -0.15) is 0 Å². The lowest BCUT2D eigenvalue weighted by molar-refractivity contribution is -0.150. The maximum atomic E-state index is 9.98. The summed E-state index contributed by atoms with van der Waals surface area (Å²) in [4.78, 5) is 9.98. The van der Waals surface area contributed by atoms with E-state index in [1.807, 2.05) is 0 Å². The summed E-state index contributed by atoms with van der Waals surface area (Å²) in [7, 11) is 1.53. The average molecular weight is 132 g/mol. The molecule has 0 spiro atoms. The van der Waals surface area contributed by atoms with Crippen LogP contribution in [0, 0.1) is 0 Å². The lowest BCUT2D eigenvalue weighted by atomic mass is 10.5. The number of carbonyl (C=O) groups excluding carboxylic acids is 1. The second-order valence-corrected chi connectivity index (χ2v) is 1.78. The molecule has 0 saturated carbocycles. The van der Waals surface area contributed by atoms with Crippen molar-refractivity contribution >= 4 is 6.29 Å². The highest BCUT2D eigenvalue weighted by atomic mass is 16.7. The van der Waals surface area contributed by atoms with Crippen LogP contribution in [-0.2, 0) is 14.3 Å². The summed E-state index contributed by atoms with van der Waals surface area (Å²) in [6, 6.07) is 0. The number of aldehydes is 1. The molecule has 0 radical (unpaired) electrons. The Labute approximate surface area is 55.0 Å². The Morgan fingerprint density at radius 2 is 2.00 bits per heavy atom. The van der Waals surface area contributed by atoms with Gasteiger partial charge in [-0.3, -0.25) is 0 Å². The van der Waals surface area contributed by atoms with E-state index in [1.165, 1.54) is 7.11 Å². The lowest BCUT2D eigenvalue weighted by Crippen LogP contribution is -2.19. The Balaban J connectivity index is 3.33. The van der Waals surface area contributed by atoms with Crippen LogP contribution in [-0.4, -0.2) is 25.8 Å². The Morgan fingerprint density at radius 3 is 2.33 bits per heavy atom. The van der Waals surface area contributed by atoms with Crippen molar-refractivity contribution in [3.05, 3.63) is 0 Å². The minimum Gasteiger partial charge on any atom is -0.356 e. The van der Waals surface area contributed by atoms with Gasteiger partial charge in [0.1, 0.15) is 12.4 Å². The van der Waals surface area contributed by atoms with Crippen molar-refractivity contribution in [3.63, 3.8) is 0 Å². The van der Waals surface area contributed by atoms with Crippen molar-refractivity contribution in [3.8, 4) is 0 Å². The average Bonchev–Trinajstić information content (AvgIpc) is 1.87. The van der Waals surface area contributed by atoms with Crippen molar-refractivity contribution < 1.29 is 14.3 Å². The number of hydrogen-bond donors (Lipinski definition) is 0. The minimum absolute atomic E-state index is 0.301. The predicted octanol–water partition coefficient (Wildman–Crippen LogP) is 0.583. The molecule has 0 heterocycles. The van der Waals surface area contributed by atoms with Gasteiger partial charge < -0.3 is 14.3 Å². The second-order valence-electron chi connectivity index (χ2n) is 1.78. The van der Waals surface area contributed by atoms with Crippen LogP contribution in [0.1, 0.15) is 13.8 Å². The van der Waals surface area contributed by atoms with E-state index in [9.17, 15) is 4.79 Å². The van der Waals surface area contributed by atoms with Crippen molar-refractivity contribution in [2.24, 2.45) is 0 Å². The zero-order valence-electron chi connectivity index (χ0n) is 5.96. The van der Waals surface area contributed by atoms with Crippen LogP contribution < -0.4 is 0 Å². The smallest absolute Gasteiger partial charge is 0.155 e. The molecule has 0 aliphatic heterocycles. The van der Waals surface area contributed by atoms with Gasteiger partial charge in [-0.25, -0.2) is 0 Å². The Bertz CT molecular complexity index is 82.4. The molecule has 3 heteroatoms. The van der Waals surface area contributed by atoms with Gasteiger partial charge in [-0.05, 0) is 13.8 Å². The van der Waals surface area contributed by atoms with Gasteiger partial charge in [0.15, 0.2) is 6.29 Å². The van der Waals surface area contributed by atoms with Gasteiger partial charge in [-0.1, -0.05) is 0 Å². The molecular formula is C6H12O3. The molecule has 0 aromatic heterocycles. The standard InChI is InChI=1S/C6H12O3/c1-5(4-7)9-6(2)8-3/h4-6H,1-3H3. The molecule has 0 aliphatic rings. The molecule has 3 nitrogen and oxygen atoms in total. The zero-order valence-corrected chi connectivity index (χ0v) is 5.96. The van der Waals surface area contributed by atoms with E-state index in [4.69, 9.17) is 9.47 Å². The SMILES string of the molecule is COC(C)OC(C)C=O. The molecule has 0 N–H and O–H groups in total. The fraction of sp³-hybridized carbons (Fsp3) is 0.833. The van der Waals surface area contributed by atoms with E-state index < -0.39 is 0 Å². The Morgan fingerprint density at radius 1 is 1.44 bits per heavy atom. The largest absolute Gasteiger partial charge is 0.356 e. The summed E-state index contributed by atoms with van der Waals surface area (Å²) < 4.78 is 9.70. The van der Waals surface area contributed by atoms with E-state index in [0.717, 1.165) is 6.29 Å². The number of carbonyl (C=O) groups is 1. The summed E-state index contributed by atoms with van der Waals surface area (Å²) >= 11 is 0. The topological polar surface area (TPSA) is 35.5 Å². The highest BCUT2D eigenvalue weighted by molar-refractivity contribution is 5.55. The van der Waals surface area contributed by atoms with E-state index in [2.05, 4.69) is 0 Å². The predicted molar refractivity (Wildman–Crippen MR) is 33.1 cm³/mol. The van der Waals surface area contributed by atoms with Gasteiger partial charge in [-0.15, -0.1) is 0 Å². The molecule has 0 bridgehead atoms. The first-order valence-corrected chi connectivity index (χ1v) is 2.84. The van der Waals surface area contributed by atoms with Gasteiger partial charge in [0.2, 0.25) is 0 Å². The zero-order chi connectivity index (χ0) is 7.28. The Hall–Kier alpha value is -0.410. The number of ether oxygens (including phenoxy) is 2. The van der Waals surface area contributed by atoms with Crippen LogP contribution in [0.4, 0.5) is 0 Å². The van der Waals surface area contributed by atoms with Crippen molar-refractivity contribution in [2.45, 2.75) is 26.2 Å². The number of hydrogen-bond acceptors (Lipinski definition) is 3. The molecule has 0 aromatic rings. The van der Waals surface area contributed by atoms with Crippen LogP contribution in [0.2, 0.25) is 0 Å². The summed E-state index contributed by atoms with van der Waals surface area (Å²) in [6.07, 6.45) is 0.0559. The van der Waals surface area contributed by atoms with Crippen LogP contribution in [0.15, 0.2) is 0 Å². The molecule has 9 heavy (non-hydrogen) atoms. The van der Waals surface area contributed by atoms with Crippen LogP contribution >= 0.6 is 0 Å². The molecule has 0 amide bonds. The van der Waals surface area contributed by atoms with Gasteiger partial charge in [0.05, 0.1) is 0 Å². The minimum atomic E-state index is -0.375. The summed E-state index contributed by atoms with van der Waals surface area (Å²) in [5, 5.41) is 0. The third-order valence-corrected chi connectivity index (χ3v) is 0.930. The highest BCUT2D eigenvalue weighted by Gasteiger charge is 2.03. The second kappa shape index (κ2) is 4.47. The molecule has 0 saturated heterocycles. The first kappa shape index (κ1) is 8.59. The fourth-order valence-electron chi connectivity index (χ4n) is 0.390. The fourth-order valence-corrected chi connectivity index (χ4v) is 0.390. The summed E-state index contributed by atoms with van der Waals surface area (Å²) in [6.45, 7) is 3.41. The molecule has 0 aliphatic carbocycles. The first-order valence-electron chi connectivity index (χ1n) is 2.84. The maximum Gasteiger partial charge on any atom is 0.155 e. The van der Waals surface area contributed by atoms with Crippen LogP contribution in [0.5, 0.6) is 0 Å². The Kier molecular flexibility index (Phi) is 4.26. The normalized spacial score (nSPS) is 16.8. The molecule has 2 atom stereocenters. The van der Waals surface area contributed by atoms with Gasteiger partial charge >= 0.3 is 0 Å². The first-order chi connectivity index (χ1) is 4.20. The number of rotatable bonds is 4. The van der Waals surface area contributed by atoms with E-state index in [1.54, 1.807) is 13.8 Å². The van der Waals surface area contributed by atoms with Gasteiger partial charge in [0, 0.05) is 7.11 Å². The van der Waals surface area contributed by atoms with E-state index >= 15 is 0 Å². The van der Waals surface area contributed by atoms with E-state index in [0.29, 0.717) is 0 Å². The monoisotopic (exact) mass is 132 g/mol. The van der Waals surface area contributed by atoms with Crippen molar-refractivity contribution in [1.82, 2.24) is 0 Å². The maximum absolute atomic E-state index is 9.98. The highest BCUT2D eigenvalue weighted by Crippen LogP contribution is 1.94. The molecule has 0 fully saturated rings. The summed E-state index contributed by atoms with van der Waals surface area (Å²) in [5.41, 5.74) is 0. The molecule has 0 aromatic carbocycles. The van der Waals surface area contributed by atoms with Gasteiger partial charge in [0.25, 0.3) is 0 Å². The molecule has 54 valence electrons. The van der Waals surface area contributed by atoms with E-state index in [-0.39, 0.29) is 12.4 Å². The third kappa shape index (κ3) is 4.12. The quantitative estimate of drug-likeness (QED) is 0.414. The molecule has 2 unspecified atom stereocenters. The summed E-state index contributed by atoms with van der Waals surface area (Å²) in [5.74, 6) is 0.